The van der Waals surface area contributed by atoms with Gasteiger partial charge in [0.2, 0.25) is 0 Å². The highest BCUT2D eigenvalue weighted by Gasteiger charge is 2.08. The second-order valence-corrected chi connectivity index (χ2v) is 3.82. The Labute approximate surface area is 96.7 Å². The van der Waals surface area contributed by atoms with Crippen LogP contribution in [0.2, 0.25) is 0 Å². The minimum atomic E-state index is -0.363. The van der Waals surface area contributed by atoms with Crippen LogP contribution in [0, 0.1) is 5.82 Å². The molecule has 3 rings (SSSR count). The molecule has 3 heteroatoms. The molecule has 0 bridgehead atoms. The van der Waals surface area contributed by atoms with Gasteiger partial charge in [0, 0.05) is 16.3 Å². The van der Waals surface area contributed by atoms with Crippen LogP contribution in [0.4, 0.5) is 4.39 Å². The Morgan fingerprint density at radius 2 is 1.76 bits per heavy atom. The first-order valence-corrected chi connectivity index (χ1v) is 5.23. The number of pyridine rings is 1. The van der Waals surface area contributed by atoms with Gasteiger partial charge in [0.25, 0.3) is 0 Å². The Morgan fingerprint density at radius 3 is 2.59 bits per heavy atom. The van der Waals surface area contributed by atoms with Crippen molar-refractivity contribution in [2.45, 2.75) is 0 Å². The van der Waals surface area contributed by atoms with Crippen molar-refractivity contribution in [3.8, 4) is 0 Å². The lowest BCUT2D eigenvalue weighted by atomic mass is 10.0. The Morgan fingerprint density at radius 1 is 1.00 bits per heavy atom. The summed E-state index contributed by atoms with van der Waals surface area (Å²) in [4.78, 5) is 15.6. The van der Waals surface area contributed by atoms with E-state index in [4.69, 9.17) is 0 Å². The quantitative estimate of drug-likeness (QED) is 0.469. The van der Waals surface area contributed by atoms with Crippen LogP contribution < -0.4 is 0 Å². The fraction of sp³-hybridized carbons (Fsp3) is 0. The van der Waals surface area contributed by atoms with Gasteiger partial charge in [0.05, 0.1) is 11.0 Å². The summed E-state index contributed by atoms with van der Waals surface area (Å²) in [6.07, 6.45) is 0.756. The van der Waals surface area contributed by atoms with E-state index in [-0.39, 0.29) is 5.82 Å². The van der Waals surface area contributed by atoms with Crippen LogP contribution in [0.15, 0.2) is 42.5 Å². The van der Waals surface area contributed by atoms with Crippen molar-refractivity contribution >= 4 is 28.1 Å². The molecule has 0 unspecified atom stereocenters. The maximum Gasteiger partial charge on any atom is 0.151 e. The molecule has 0 fully saturated rings. The van der Waals surface area contributed by atoms with Crippen LogP contribution in [0.1, 0.15) is 10.4 Å². The minimum absolute atomic E-state index is 0.363. The SMILES string of the molecule is O=Cc1c2ccccc2nc2ccc(F)cc12. The van der Waals surface area contributed by atoms with Crippen LogP contribution in [-0.2, 0) is 0 Å². The third-order valence-corrected chi connectivity index (χ3v) is 2.80. The summed E-state index contributed by atoms with van der Waals surface area (Å²) in [5.74, 6) is -0.363. The number of para-hydroxylation sites is 1. The second-order valence-electron chi connectivity index (χ2n) is 3.82. The van der Waals surface area contributed by atoms with Gasteiger partial charge < -0.3 is 0 Å². The fourth-order valence-corrected chi connectivity index (χ4v) is 2.02. The summed E-state index contributed by atoms with van der Waals surface area (Å²) in [7, 11) is 0. The first-order chi connectivity index (χ1) is 8.29. The minimum Gasteiger partial charge on any atom is -0.298 e. The number of fused-ring (bicyclic) bond motifs is 2. The van der Waals surface area contributed by atoms with Gasteiger partial charge in [-0.15, -0.1) is 0 Å². The molecular weight excluding hydrogens is 217 g/mol. The van der Waals surface area contributed by atoms with E-state index >= 15 is 0 Å². The van der Waals surface area contributed by atoms with Gasteiger partial charge in [-0.05, 0) is 24.3 Å². The van der Waals surface area contributed by atoms with Crippen molar-refractivity contribution in [1.82, 2.24) is 4.98 Å². The molecule has 0 aliphatic heterocycles. The van der Waals surface area contributed by atoms with Crippen LogP contribution in [-0.4, -0.2) is 11.3 Å². The third-order valence-electron chi connectivity index (χ3n) is 2.80. The molecule has 17 heavy (non-hydrogen) atoms. The Kier molecular flexibility index (Phi) is 2.11. The summed E-state index contributed by atoms with van der Waals surface area (Å²) in [6.45, 7) is 0. The van der Waals surface area contributed by atoms with Crippen LogP contribution in [0.5, 0.6) is 0 Å². The van der Waals surface area contributed by atoms with Gasteiger partial charge in [-0.3, -0.25) is 4.79 Å². The zero-order chi connectivity index (χ0) is 11.8. The number of nitrogens with zero attached hydrogens (tertiary/aromatic N) is 1. The van der Waals surface area contributed by atoms with E-state index in [9.17, 15) is 9.18 Å². The molecular formula is C14H8FNO. The van der Waals surface area contributed by atoms with Crippen molar-refractivity contribution in [3.63, 3.8) is 0 Å². The number of hydrogen-bond donors (Lipinski definition) is 0. The normalized spacial score (nSPS) is 10.9. The predicted molar refractivity (Wildman–Crippen MR) is 64.6 cm³/mol. The van der Waals surface area contributed by atoms with E-state index < -0.39 is 0 Å². The van der Waals surface area contributed by atoms with Crippen molar-refractivity contribution in [3.05, 3.63) is 53.8 Å². The topological polar surface area (TPSA) is 30.0 Å². The molecule has 0 amide bonds. The lowest BCUT2D eigenvalue weighted by Crippen LogP contribution is -1.91. The van der Waals surface area contributed by atoms with E-state index in [0.717, 1.165) is 17.2 Å². The van der Waals surface area contributed by atoms with Crippen molar-refractivity contribution in [1.29, 1.82) is 0 Å². The fourth-order valence-electron chi connectivity index (χ4n) is 2.02. The Hall–Kier alpha value is -2.29. The van der Waals surface area contributed by atoms with Crippen LogP contribution in [0.3, 0.4) is 0 Å². The van der Waals surface area contributed by atoms with Gasteiger partial charge in [0.1, 0.15) is 5.82 Å². The first-order valence-electron chi connectivity index (χ1n) is 5.23. The average Bonchev–Trinajstić information content (AvgIpc) is 2.36. The lowest BCUT2D eigenvalue weighted by molar-refractivity contribution is 0.112. The van der Waals surface area contributed by atoms with E-state index in [1.165, 1.54) is 12.1 Å². The lowest BCUT2D eigenvalue weighted by Gasteiger charge is -2.05. The zero-order valence-electron chi connectivity index (χ0n) is 8.85. The van der Waals surface area contributed by atoms with Gasteiger partial charge in [0.15, 0.2) is 6.29 Å². The predicted octanol–water partition coefficient (Wildman–Crippen LogP) is 3.34. The third kappa shape index (κ3) is 1.47. The van der Waals surface area contributed by atoms with Crippen LogP contribution in [0.25, 0.3) is 21.8 Å². The van der Waals surface area contributed by atoms with E-state index in [2.05, 4.69) is 4.98 Å². The molecule has 2 aromatic carbocycles. The average molecular weight is 225 g/mol. The van der Waals surface area contributed by atoms with Crippen LogP contribution >= 0.6 is 0 Å². The molecule has 0 atom stereocenters. The number of halogens is 1. The summed E-state index contributed by atoms with van der Waals surface area (Å²) in [6, 6.07) is 11.6. The number of rotatable bonds is 1. The highest BCUT2D eigenvalue weighted by atomic mass is 19.1. The molecule has 82 valence electrons. The molecule has 3 aromatic rings. The molecule has 0 radical (unpaired) electrons. The number of carbonyl (C=O) groups is 1. The molecule has 0 saturated heterocycles. The molecule has 0 N–H and O–H groups in total. The van der Waals surface area contributed by atoms with Gasteiger partial charge in [-0.2, -0.15) is 0 Å². The van der Waals surface area contributed by atoms with Gasteiger partial charge >= 0.3 is 0 Å². The number of carbonyl (C=O) groups excluding carboxylic acids is 1. The summed E-state index contributed by atoms with van der Waals surface area (Å²) < 4.78 is 13.2. The number of aldehydes is 1. The Balaban J connectivity index is 2.59. The largest absolute Gasteiger partial charge is 0.298 e. The molecule has 1 aromatic heterocycles. The molecule has 0 aliphatic carbocycles. The zero-order valence-corrected chi connectivity index (χ0v) is 8.85. The van der Waals surface area contributed by atoms with Gasteiger partial charge in [-0.1, -0.05) is 18.2 Å². The Bertz CT molecular complexity index is 737. The van der Waals surface area contributed by atoms with Gasteiger partial charge in [-0.25, -0.2) is 9.37 Å². The highest BCUT2D eigenvalue weighted by molar-refractivity contribution is 6.09. The van der Waals surface area contributed by atoms with Crippen molar-refractivity contribution < 1.29 is 9.18 Å². The highest BCUT2D eigenvalue weighted by Crippen LogP contribution is 2.24. The number of hydrogen-bond acceptors (Lipinski definition) is 2. The summed E-state index contributed by atoms with van der Waals surface area (Å²) >= 11 is 0. The second kappa shape index (κ2) is 3.63. The monoisotopic (exact) mass is 225 g/mol. The summed E-state index contributed by atoms with van der Waals surface area (Å²) in [5.41, 5.74) is 1.87. The van der Waals surface area contributed by atoms with Crippen molar-refractivity contribution in [2.24, 2.45) is 0 Å². The molecule has 1 heterocycles. The molecule has 0 aliphatic rings. The maximum atomic E-state index is 13.2. The molecule has 2 nitrogen and oxygen atoms in total. The summed E-state index contributed by atoms with van der Waals surface area (Å²) in [5, 5.41) is 1.30. The molecule has 0 saturated carbocycles. The van der Waals surface area contributed by atoms with E-state index in [1.54, 1.807) is 6.07 Å². The first kappa shape index (κ1) is 9.90. The molecule has 0 spiro atoms. The maximum absolute atomic E-state index is 13.2. The number of benzene rings is 2. The van der Waals surface area contributed by atoms with E-state index in [1.807, 2.05) is 24.3 Å². The smallest absolute Gasteiger partial charge is 0.151 e. The van der Waals surface area contributed by atoms with E-state index in [0.29, 0.717) is 16.5 Å². The number of aromatic nitrogens is 1. The standard InChI is InChI=1S/C14H8FNO/c15-9-5-6-14-11(7-9)12(8-17)10-3-1-2-4-13(10)16-14/h1-8H. The van der Waals surface area contributed by atoms with Crippen molar-refractivity contribution in [2.75, 3.05) is 0 Å².